The number of aryl methyl sites for hydroxylation is 1. The highest BCUT2D eigenvalue weighted by Gasteiger charge is 2.57. The first-order valence-electron chi connectivity index (χ1n) is 7.19. The van der Waals surface area contributed by atoms with Crippen molar-refractivity contribution in [3.05, 3.63) is 29.3 Å². The molecule has 0 atom stereocenters. The van der Waals surface area contributed by atoms with Crippen LogP contribution in [0, 0.1) is 12.3 Å². The third-order valence-electron chi connectivity index (χ3n) is 4.65. The number of nitrogens with zero attached hydrogens (tertiary/aromatic N) is 3. The van der Waals surface area contributed by atoms with Crippen LogP contribution in [0.4, 0.5) is 10.5 Å². The predicted molar refractivity (Wildman–Crippen MR) is 81.5 cm³/mol. The number of urea groups is 1. The molecule has 6 heteroatoms. The van der Waals surface area contributed by atoms with Crippen molar-refractivity contribution in [3.8, 4) is 0 Å². The minimum Gasteiger partial charge on any atom is -0.373 e. The van der Waals surface area contributed by atoms with Crippen LogP contribution in [0.15, 0.2) is 18.2 Å². The minimum absolute atomic E-state index is 0.280. The normalized spacial score (nSPS) is 20.7. The smallest absolute Gasteiger partial charge is 0.332 e. The number of carbonyl (C=O) groups excluding carboxylic acids is 3. The van der Waals surface area contributed by atoms with Crippen LogP contribution in [0.5, 0.6) is 0 Å². The molecular weight excluding hydrogens is 282 g/mol. The van der Waals surface area contributed by atoms with Crippen molar-refractivity contribution in [2.45, 2.75) is 13.3 Å². The first-order valence-corrected chi connectivity index (χ1v) is 7.19. The SMILES string of the molecule is Cc1ccc2c(c1)CC1(CN2C)C(=O)N(C)C(=O)N(C)C1=O. The summed E-state index contributed by atoms with van der Waals surface area (Å²) in [5.41, 5.74) is 1.86. The fourth-order valence-electron chi connectivity index (χ4n) is 3.52. The van der Waals surface area contributed by atoms with Gasteiger partial charge in [-0.25, -0.2) is 4.79 Å². The molecule has 1 fully saturated rings. The van der Waals surface area contributed by atoms with Gasteiger partial charge in [-0.15, -0.1) is 0 Å². The van der Waals surface area contributed by atoms with Crippen LogP contribution in [-0.4, -0.2) is 55.3 Å². The van der Waals surface area contributed by atoms with Gasteiger partial charge in [0.15, 0.2) is 5.41 Å². The Bertz CT molecular complexity index is 674. The highest BCUT2D eigenvalue weighted by atomic mass is 16.2. The highest BCUT2D eigenvalue weighted by Crippen LogP contribution is 2.40. The number of fused-ring (bicyclic) bond motifs is 1. The fraction of sp³-hybridized carbons (Fsp3) is 0.438. The Labute approximate surface area is 129 Å². The van der Waals surface area contributed by atoms with Crippen LogP contribution < -0.4 is 4.90 Å². The maximum atomic E-state index is 12.7. The van der Waals surface area contributed by atoms with Gasteiger partial charge >= 0.3 is 6.03 Å². The summed E-state index contributed by atoms with van der Waals surface area (Å²) in [4.78, 5) is 41.5. The monoisotopic (exact) mass is 301 g/mol. The van der Waals surface area contributed by atoms with Crippen LogP contribution in [0.2, 0.25) is 0 Å². The molecule has 0 N–H and O–H groups in total. The van der Waals surface area contributed by atoms with Crippen molar-refractivity contribution in [2.24, 2.45) is 5.41 Å². The van der Waals surface area contributed by atoms with Crippen LogP contribution in [0.1, 0.15) is 11.1 Å². The standard InChI is InChI=1S/C16H19N3O3/c1-10-5-6-12-11(7-10)8-16(9-17(12)2)13(20)18(3)15(22)19(4)14(16)21/h5-7H,8-9H2,1-4H3. The minimum atomic E-state index is -1.22. The number of hydrogen-bond donors (Lipinski definition) is 0. The second-order valence-corrected chi connectivity index (χ2v) is 6.26. The maximum Gasteiger partial charge on any atom is 0.332 e. The average Bonchev–Trinajstić information content (AvgIpc) is 2.49. The molecule has 0 aliphatic carbocycles. The van der Waals surface area contributed by atoms with E-state index in [1.165, 1.54) is 14.1 Å². The molecule has 2 aliphatic heterocycles. The number of amides is 4. The van der Waals surface area contributed by atoms with Gasteiger partial charge in [0, 0.05) is 33.4 Å². The number of barbiturate groups is 1. The molecule has 1 saturated heterocycles. The van der Waals surface area contributed by atoms with Crippen LogP contribution >= 0.6 is 0 Å². The number of benzene rings is 1. The molecule has 2 heterocycles. The van der Waals surface area contributed by atoms with Gasteiger partial charge in [0.1, 0.15) is 0 Å². The molecule has 4 amide bonds. The largest absolute Gasteiger partial charge is 0.373 e. The molecule has 1 aromatic carbocycles. The Hall–Kier alpha value is -2.37. The first kappa shape index (κ1) is 14.6. The number of hydrogen-bond acceptors (Lipinski definition) is 4. The van der Waals surface area contributed by atoms with Crippen LogP contribution in [0.25, 0.3) is 0 Å². The summed E-state index contributed by atoms with van der Waals surface area (Å²) in [5.74, 6) is -0.834. The molecule has 2 aliphatic rings. The van der Waals surface area contributed by atoms with Gasteiger partial charge in [-0.05, 0) is 25.0 Å². The van der Waals surface area contributed by atoms with Crippen molar-refractivity contribution in [1.29, 1.82) is 0 Å². The van der Waals surface area contributed by atoms with Crippen LogP contribution in [0.3, 0.4) is 0 Å². The zero-order valence-electron chi connectivity index (χ0n) is 13.2. The van der Waals surface area contributed by atoms with Gasteiger partial charge in [-0.2, -0.15) is 0 Å². The van der Waals surface area contributed by atoms with Gasteiger partial charge in [0.2, 0.25) is 11.8 Å². The predicted octanol–water partition coefficient (Wildman–Crippen LogP) is 1.02. The van der Waals surface area contributed by atoms with E-state index in [4.69, 9.17) is 0 Å². The topological polar surface area (TPSA) is 60.9 Å². The second kappa shape index (κ2) is 4.56. The van der Waals surface area contributed by atoms with Gasteiger partial charge in [0.25, 0.3) is 0 Å². The summed E-state index contributed by atoms with van der Waals surface area (Å²) in [6, 6.07) is 5.45. The van der Waals surface area contributed by atoms with E-state index in [9.17, 15) is 14.4 Å². The molecule has 0 bridgehead atoms. The molecule has 1 spiro atoms. The summed E-state index contributed by atoms with van der Waals surface area (Å²) in [6.45, 7) is 2.26. The quantitative estimate of drug-likeness (QED) is 0.671. The van der Waals surface area contributed by atoms with E-state index in [1.54, 1.807) is 0 Å². The van der Waals surface area contributed by atoms with E-state index in [0.717, 1.165) is 26.6 Å². The van der Waals surface area contributed by atoms with Gasteiger partial charge in [-0.3, -0.25) is 19.4 Å². The lowest BCUT2D eigenvalue weighted by Crippen LogP contribution is -2.67. The molecule has 22 heavy (non-hydrogen) atoms. The number of rotatable bonds is 0. The zero-order valence-corrected chi connectivity index (χ0v) is 13.2. The molecule has 0 saturated carbocycles. The Morgan fingerprint density at radius 1 is 1.00 bits per heavy atom. The van der Waals surface area contributed by atoms with Gasteiger partial charge in [0.05, 0.1) is 0 Å². The Kier molecular flexibility index (Phi) is 3.02. The molecule has 0 radical (unpaired) electrons. The fourth-order valence-corrected chi connectivity index (χ4v) is 3.52. The average molecular weight is 301 g/mol. The summed E-state index contributed by atoms with van der Waals surface area (Å²) in [6.07, 6.45) is 0.327. The third-order valence-corrected chi connectivity index (χ3v) is 4.65. The van der Waals surface area contributed by atoms with Gasteiger partial charge in [-0.1, -0.05) is 17.7 Å². The summed E-state index contributed by atoms with van der Waals surface area (Å²) in [5, 5.41) is 0. The van der Waals surface area contributed by atoms with Crippen molar-refractivity contribution >= 4 is 23.5 Å². The van der Waals surface area contributed by atoms with E-state index < -0.39 is 23.3 Å². The molecule has 0 aromatic heterocycles. The lowest BCUT2D eigenvalue weighted by atomic mass is 9.74. The van der Waals surface area contributed by atoms with Crippen molar-refractivity contribution in [1.82, 2.24) is 9.80 Å². The highest BCUT2D eigenvalue weighted by molar-refractivity contribution is 6.19. The van der Waals surface area contributed by atoms with E-state index in [2.05, 4.69) is 0 Å². The maximum absolute atomic E-state index is 12.7. The number of carbonyl (C=O) groups is 3. The molecule has 116 valence electrons. The Morgan fingerprint density at radius 2 is 1.59 bits per heavy atom. The lowest BCUT2D eigenvalue weighted by molar-refractivity contribution is -0.156. The van der Waals surface area contributed by atoms with Crippen molar-refractivity contribution < 1.29 is 14.4 Å². The van der Waals surface area contributed by atoms with E-state index in [1.807, 2.05) is 37.1 Å². The van der Waals surface area contributed by atoms with Crippen molar-refractivity contribution in [2.75, 3.05) is 32.6 Å². The molecule has 6 nitrogen and oxygen atoms in total. The number of anilines is 1. The third kappa shape index (κ3) is 1.76. The Morgan fingerprint density at radius 3 is 2.18 bits per heavy atom. The molecule has 0 unspecified atom stereocenters. The van der Waals surface area contributed by atoms with Crippen LogP contribution in [-0.2, 0) is 16.0 Å². The second-order valence-electron chi connectivity index (χ2n) is 6.26. The first-order chi connectivity index (χ1) is 10.3. The summed E-state index contributed by atoms with van der Waals surface area (Å²) < 4.78 is 0. The van der Waals surface area contributed by atoms with E-state index >= 15 is 0 Å². The molecular formula is C16H19N3O3. The van der Waals surface area contributed by atoms with E-state index in [0.29, 0.717) is 6.42 Å². The van der Waals surface area contributed by atoms with Gasteiger partial charge < -0.3 is 4.90 Å². The van der Waals surface area contributed by atoms with Crippen molar-refractivity contribution in [3.63, 3.8) is 0 Å². The molecule has 1 aromatic rings. The Balaban J connectivity index is 2.12. The number of imide groups is 2. The lowest BCUT2D eigenvalue weighted by Gasteiger charge is -2.46. The van der Waals surface area contributed by atoms with E-state index in [-0.39, 0.29) is 6.54 Å². The zero-order chi connectivity index (χ0) is 16.2. The summed E-state index contributed by atoms with van der Waals surface area (Å²) in [7, 11) is 4.73. The molecule has 3 rings (SSSR count). The summed E-state index contributed by atoms with van der Waals surface area (Å²) >= 11 is 0.